The number of halogens is 1. The predicted molar refractivity (Wildman–Crippen MR) is 121 cm³/mol. The van der Waals surface area contributed by atoms with Crippen LogP contribution in [0.1, 0.15) is 30.1 Å². The van der Waals surface area contributed by atoms with E-state index in [9.17, 15) is 4.79 Å². The number of fused-ring (bicyclic) bond motifs is 1. The summed E-state index contributed by atoms with van der Waals surface area (Å²) in [6, 6.07) is 17.4. The van der Waals surface area contributed by atoms with E-state index in [1.54, 1.807) is 7.11 Å². The Kier molecular flexibility index (Phi) is 5.63. The highest BCUT2D eigenvalue weighted by atomic mass is 35.5. The molecule has 0 aliphatic carbocycles. The van der Waals surface area contributed by atoms with Gasteiger partial charge in [0.25, 0.3) is 5.91 Å². The largest absolute Gasteiger partial charge is 0.496 e. The number of amides is 1. The summed E-state index contributed by atoms with van der Waals surface area (Å²) >= 11 is 6.55. The first-order valence-electron chi connectivity index (χ1n) is 9.98. The average molecular weight is 409 g/mol. The summed E-state index contributed by atoms with van der Waals surface area (Å²) in [6.45, 7) is 4.32. The van der Waals surface area contributed by atoms with E-state index in [-0.39, 0.29) is 5.91 Å². The van der Waals surface area contributed by atoms with Gasteiger partial charge in [-0.05, 0) is 59.9 Å². The van der Waals surface area contributed by atoms with Gasteiger partial charge in [-0.3, -0.25) is 4.79 Å². The number of rotatable bonds is 4. The Morgan fingerprint density at radius 2 is 1.76 bits per heavy atom. The minimum absolute atomic E-state index is 0.219. The van der Waals surface area contributed by atoms with Crippen molar-refractivity contribution in [3.8, 4) is 5.75 Å². The van der Waals surface area contributed by atoms with Gasteiger partial charge >= 0.3 is 0 Å². The van der Waals surface area contributed by atoms with Gasteiger partial charge in [0.15, 0.2) is 0 Å². The van der Waals surface area contributed by atoms with Crippen LogP contribution in [0.3, 0.4) is 0 Å². The first kappa shape index (κ1) is 19.6. The van der Waals surface area contributed by atoms with Crippen LogP contribution in [-0.2, 0) is 0 Å². The van der Waals surface area contributed by atoms with Crippen molar-refractivity contribution in [2.45, 2.75) is 19.8 Å². The zero-order valence-corrected chi connectivity index (χ0v) is 17.5. The Morgan fingerprint density at radius 1 is 1.07 bits per heavy atom. The van der Waals surface area contributed by atoms with Gasteiger partial charge in [0, 0.05) is 18.8 Å². The summed E-state index contributed by atoms with van der Waals surface area (Å²) in [5.74, 6) is 1.09. The Labute approximate surface area is 176 Å². The molecule has 3 aromatic rings. The molecular formula is C24H25ClN2O2. The lowest BCUT2D eigenvalue weighted by Crippen LogP contribution is -2.32. The summed E-state index contributed by atoms with van der Waals surface area (Å²) < 4.78 is 5.45. The zero-order chi connectivity index (χ0) is 20.4. The number of nitrogens with zero attached hydrogens (tertiary/aromatic N) is 1. The number of carbonyl (C=O) groups excluding carboxylic acids is 1. The van der Waals surface area contributed by atoms with Gasteiger partial charge in [-0.1, -0.05) is 42.8 Å². The van der Waals surface area contributed by atoms with Crippen molar-refractivity contribution in [2.75, 3.05) is 30.4 Å². The molecule has 0 saturated carbocycles. The molecule has 0 aromatic heterocycles. The molecule has 0 bridgehead atoms. The number of carbonyl (C=O) groups is 1. The minimum atomic E-state index is -0.219. The molecule has 4 rings (SSSR count). The number of methoxy groups -OCH3 is 1. The van der Waals surface area contributed by atoms with E-state index >= 15 is 0 Å². The maximum atomic E-state index is 12.9. The lowest BCUT2D eigenvalue weighted by molar-refractivity contribution is 0.102. The maximum Gasteiger partial charge on any atom is 0.259 e. The number of piperidine rings is 1. The Bertz CT molecular complexity index is 1040. The van der Waals surface area contributed by atoms with Crippen LogP contribution < -0.4 is 15.0 Å². The number of nitrogens with one attached hydrogen (secondary N) is 1. The van der Waals surface area contributed by atoms with E-state index in [0.29, 0.717) is 22.0 Å². The zero-order valence-electron chi connectivity index (χ0n) is 16.7. The van der Waals surface area contributed by atoms with E-state index < -0.39 is 0 Å². The molecule has 0 atom stereocenters. The third kappa shape index (κ3) is 4.18. The Morgan fingerprint density at radius 3 is 2.41 bits per heavy atom. The normalized spacial score (nSPS) is 14.8. The van der Waals surface area contributed by atoms with Crippen molar-refractivity contribution >= 4 is 39.7 Å². The molecule has 1 aliphatic rings. The fourth-order valence-electron chi connectivity index (χ4n) is 3.85. The van der Waals surface area contributed by atoms with Crippen LogP contribution in [0.4, 0.5) is 11.4 Å². The van der Waals surface area contributed by atoms with Gasteiger partial charge in [-0.15, -0.1) is 0 Å². The molecule has 1 N–H and O–H groups in total. The quantitative estimate of drug-likeness (QED) is 0.576. The highest BCUT2D eigenvalue weighted by Gasteiger charge is 2.19. The summed E-state index contributed by atoms with van der Waals surface area (Å²) in [4.78, 5) is 15.2. The van der Waals surface area contributed by atoms with Crippen molar-refractivity contribution in [1.29, 1.82) is 0 Å². The Balaban J connectivity index is 1.55. The summed E-state index contributed by atoms with van der Waals surface area (Å²) in [5, 5.41) is 5.63. The molecule has 29 heavy (non-hydrogen) atoms. The van der Waals surface area contributed by atoms with Gasteiger partial charge < -0.3 is 15.0 Å². The Hall–Kier alpha value is -2.72. The molecular weight excluding hydrogens is 384 g/mol. The maximum absolute atomic E-state index is 12.9. The van der Waals surface area contributed by atoms with Crippen molar-refractivity contribution in [3.63, 3.8) is 0 Å². The van der Waals surface area contributed by atoms with Crippen LogP contribution in [0.5, 0.6) is 5.75 Å². The molecule has 1 aliphatic heterocycles. The fourth-order valence-corrected chi connectivity index (χ4v) is 4.15. The van der Waals surface area contributed by atoms with Crippen LogP contribution in [0.2, 0.25) is 5.02 Å². The average Bonchev–Trinajstić information content (AvgIpc) is 2.73. The summed E-state index contributed by atoms with van der Waals surface area (Å²) in [5.41, 5.74) is 2.20. The van der Waals surface area contributed by atoms with Gasteiger partial charge in [-0.2, -0.15) is 0 Å². The molecule has 1 fully saturated rings. The third-order valence-electron chi connectivity index (χ3n) is 5.64. The van der Waals surface area contributed by atoms with E-state index in [4.69, 9.17) is 16.3 Å². The third-order valence-corrected chi connectivity index (χ3v) is 5.95. The highest BCUT2D eigenvalue weighted by Crippen LogP contribution is 2.32. The van der Waals surface area contributed by atoms with Crippen LogP contribution in [0.25, 0.3) is 10.8 Å². The molecule has 1 saturated heterocycles. The molecule has 0 unspecified atom stereocenters. The van der Waals surface area contributed by atoms with Crippen LogP contribution in [-0.4, -0.2) is 26.1 Å². The van der Waals surface area contributed by atoms with Gasteiger partial charge in [0.1, 0.15) is 5.75 Å². The summed E-state index contributed by atoms with van der Waals surface area (Å²) in [7, 11) is 1.58. The molecule has 0 spiro atoms. The first-order valence-corrected chi connectivity index (χ1v) is 10.4. The lowest BCUT2D eigenvalue weighted by atomic mass is 9.99. The van der Waals surface area contributed by atoms with E-state index in [2.05, 4.69) is 17.1 Å². The second kappa shape index (κ2) is 8.34. The van der Waals surface area contributed by atoms with E-state index in [1.165, 1.54) is 12.8 Å². The molecule has 150 valence electrons. The topological polar surface area (TPSA) is 41.6 Å². The molecule has 4 nitrogen and oxygen atoms in total. The van der Waals surface area contributed by atoms with Crippen LogP contribution >= 0.6 is 11.6 Å². The number of hydrogen-bond donors (Lipinski definition) is 1. The second-order valence-electron chi connectivity index (χ2n) is 7.69. The van der Waals surface area contributed by atoms with Crippen LogP contribution in [0, 0.1) is 5.92 Å². The van der Waals surface area contributed by atoms with Crippen molar-refractivity contribution < 1.29 is 9.53 Å². The van der Waals surface area contributed by atoms with Gasteiger partial charge in [-0.25, -0.2) is 0 Å². The number of benzene rings is 3. The standard InChI is InChI=1S/C24H25ClN2O2/c1-16-9-11-27(12-10-16)22-8-7-19(15-21(22)25)26-24(28)20-13-17-5-3-4-6-18(17)14-23(20)29-2/h3-8,13-16H,9-12H2,1-2H3,(H,26,28). The molecule has 1 amide bonds. The summed E-state index contributed by atoms with van der Waals surface area (Å²) in [6.07, 6.45) is 2.35. The molecule has 5 heteroatoms. The first-order chi connectivity index (χ1) is 14.0. The SMILES string of the molecule is COc1cc2ccccc2cc1C(=O)Nc1ccc(N2CCC(C)CC2)c(Cl)c1. The lowest BCUT2D eigenvalue weighted by Gasteiger charge is -2.32. The second-order valence-corrected chi connectivity index (χ2v) is 8.10. The number of ether oxygens (including phenoxy) is 1. The van der Waals surface area contributed by atoms with E-state index in [1.807, 2.05) is 54.6 Å². The molecule has 1 heterocycles. The van der Waals surface area contributed by atoms with E-state index in [0.717, 1.165) is 35.5 Å². The molecule has 3 aromatic carbocycles. The molecule has 0 radical (unpaired) electrons. The fraction of sp³-hybridized carbons (Fsp3) is 0.292. The van der Waals surface area contributed by atoms with Crippen molar-refractivity contribution in [1.82, 2.24) is 0 Å². The monoisotopic (exact) mass is 408 g/mol. The number of hydrogen-bond acceptors (Lipinski definition) is 3. The smallest absolute Gasteiger partial charge is 0.259 e. The van der Waals surface area contributed by atoms with Crippen molar-refractivity contribution in [3.05, 3.63) is 65.2 Å². The minimum Gasteiger partial charge on any atom is -0.496 e. The van der Waals surface area contributed by atoms with Crippen molar-refractivity contribution in [2.24, 2.45) is 5.92 Å². The predicted octanol–water partition coefficient (Wildman–Crippen LogP) is 5.99. The van der Waals surface area contributed by atoms with Crippen LogP contribution in [0.15, 0.2) is 54.6 Å². The van der Waals surface area contributed by atoms with Gasteiger partial charge in [0.2, 0.25) is 0 Å². The van der Waals surface area contributed by atoms with Gasteiger partial charge in [0.05, 0.1) is 23.4 Å². The number of anilines is 2. The highest BCUT2D eigenvalue weighted by molar-refractivity contribution is 6.33.